The molecule has 3 rings (SSSR count). The summed E-state index contributed by atoms with van der Waals surface area (Å²) in [5.41, 5.74) is 9.16. The van der Waals surface area contributed by atoms with Crippen LogP contribution in [0.5, 0.6) is 0 Å². The second-order valence-electron chi connectivity index (χ2n) is 4.86. The van der Waals surface area contributed by atoms with Crippen molar-refractivity contribution in [2.24, 2.45) is 7.05 Å². The number of nitrogens with one attached hydrogen (secondary N) is 1. The van der Waals surface area contributed by atoms with Gasteiger partial charge in [-0.25, -0.2) is 0 Å². The molecule has 0 aliphatic heterocycles. The zero-order valence-corrected chi connectivity index (χ0v) is 11.5. The van der Waals surface area contributed by atoms with Crippen LogP contribution in [0.1, 0.15) is 35.0 Å². The number of nitrogens with zero attached hydrogens (tertiary/aromatic N) is 2. The summed E-state index contributed by atoms with van der Waals surface area (Å²) in [4.78, 5) is 1.51. The molecule has 2 heterocycles. The fraction of sp³-hybridized carbons (Fsp3) is 0.462. The molecule has 4 nitrogen and oxygen atoms in total. The Morgan fingerprint density at radius 1 is 1.56 bits per heavy atom. The van der Waals surface area contributed by atoms with Crippen LogP contribution in [0, 0.1) is 6.92 Å². The van der Waals surface area contributed by atoms with E-state index in [1.807, 2.05) is 30.0 Å². The standard InChI is InChI=1S/C13H18N4S/c1-8-12(14)13(17(2)16-8)15-10-4-3-5-11-9(10)6-7-18-11/h6-7,10,15H,3-5,14H2,1-2H3. The molecule has 0 fully saturated rings. The highest BCUT2D eigenvalue weighted by Gasteiger charge is 2.23. The van der Waals surface area contributed by atoms with Gasteiger partial charge in [0.15, 0.2) is 0 Å². The van der Waals surface area contributed by atoms with E-state index in [4.69, 9.17) is 5.73 Å². The summed E-state index contributed by atoms with van der Waals surface area (Å²) in [5.74, 6) is 0.941. The van der Waals surface area contributed by atoms with Gasteiger partial charge in [0, 0.05) is 11.9 Å². The lowest BCUT2D eigenvalue weighted by Gasteiger charge is -2.24. The highest BCUT2D eigenvalue weighted by Crippen LogP contribution is 2.36. The molecule has 1 atom stereocenters. The third kappa shape index (κ3) is 1.79. The second-order valence-corrected chi connectivity index (χ2v) is 5.86. The van der Waals surface area contributed by atoms with Gasteiger partial charge in [-0.15, -0.1) is 11.3 Å². The van der Waals surface area contributed by atoms with Crippen LogP contribution < -0.4 is 11.1 Å². The molecule has 0 bridgehead atoms. The van der Waals surface area contributed by atoms with Gasteiger partial charge in [0.25, 0.3) is 0 Å². The number of hydrogen-bond donors (Lipinski definition) is 2. The average Bonchev–Trinajstić information content (AvgIpc) is 2.91. The molecule has 96 valence electrons. The first-order valence-corrected chi connectivity index (χ1v) is 7.16. The van der Waals surface area contributed by atoms with Gasteiger partial charge in [-0.05, 0) is 43.2 Å². The van der Waals surface area contributed by atoms with E-state index in [1.165, 1.54) is 23.3 Å². The van der Waals surface area contributed by atoms with Crippen molar-refractivity contribution in [3.05, 3.63) is 27.6 Å². The van der Waals surface area contributed by atoms with Crippen LogP contribution in [0.25, 0.3) is 0 Å². The molecule has 5 heteroatoms. The first kappa shape index (κ1) is 11.6. The summed E-state index contributed by atoms with van der Waals surface area (Å²) in [6.45, 7) is 1.94. The molecule has 0 aromatic carbocycles. The molecule has 18 heavy (non-hydrogen) atoms. The van der Waals surface area contributed by atoms with E-state index >= 15 is 0 Å². The number of fused-ring (bicyclic) bond motifs is 1. The minimum Gasteiger partial charge on any atom is -0.394 e. The molecule has 0 radical (unpaired) electrons. The molecule has 0 amide bonds. The molecular formula is C13H18N4S. The summed E-state index contributed by atoms with van der Waals surface area (Å²) in [5, 5.41) is 10.1. The summed E-state index contributed by atoms with van der Waals surface area (Å²) < 4.78 is 1.84. The Balaban J connectivity index is 1.91. The molecular weight excluding hydrogens is 244 g/mol. The largest absolute Gasteiger partial charge is 0.394 e. The van der Waals surface area contributed by atoms with E-state index in [0.717, 1.165) is 23.6 Å². The predicted molar refractivity (Wildman–Crippen MR) is 76.0 cm³/mol. The minimum atomic E-state index is 0.372. The van der Waals surface area contributed by atoms with Gasteiger partial charge in [-0.3, -0.25) is 4.68 Å². The van der Waals surface area contributed by atoms with Crippen LogP contribution in [0.2, 0.25) is 0 Å². The molecule has 1 unspecified atom stereocenters. The van der Waals surface area contributed by atoms with Gasteiger partial charge in [-0.2, -0.15) is 5.10 Å². The van der Waals surface area contributed by atoms with Gasteiger partial charge in [0.1, 0.15) is 5.82 Å². The van der Waals surface area contributed by atoms with E-state index in [2.05, 4.69) is 21.9 Å². The second kappa shape index (κ2) is 4.31. The number of nitrogen functional groups attached to an aromatic ring is 1. The molecule has 0 saturated carbocycles. The number of aromatic nitrogens is 2. The Morgan fingerprint density at radius 3 is 3.11 bits per heavy atom. The normalized spacial score (nSPS) is 18.7. The van der Waals surface area contributed by atoms with Crippen molar-refractivity contribution in [1.29, 1.82) is 0 Å². The first-order valence-electron chi connectivity index (χ1n) is 6.28. The summed E-state index contributed by atoms with van der Waals surface area (Å²) in [7, 11) is 1.93. The lowest BCUT2D eigenvalue weighted by atomic mass is 9.94. The van der Waals surface area contributed by atoms with Crippen molar-refractivity contribution in [3.63, 3.8) is 0 Å². The highest BCUT2D eigenvalue weighted by molar-refractivity contribution is 7.10. The van der Waals surface area contributed by atoms with Gasteiger partial charge >= 0.3 is 0 Å². The molecule has 1 aliphatic rings. The summed E-state index contributed by atoms with van der Waals surface area (Å²) >= 11 is 1.86. The third-order valence-corrected chi connectivity index (χ3v) is 4.63. The van der Waals surface area contributed by atoms with Crippen molar-refractivity contribution in [2.75, 3.05) is 11.1 Å². The number of nitrogens with two attached hydrogens (primary N) is 1. The van der Waals surface area contributed by atoms with Crippen LogP contribution >= 0.6 is 11.3 Å². The highest BCUT2D eigenvalue weighted by atomic mass is 32.1. The van der Waals surface area contributed by atoms with Gasteiger partial charge in [0.05, 0.1) is 17.4 Å². The van der Waals surface area contributed by atoms with Gasteiger partial charge in [-0.1, -0.05) is 0 Å². The maximum Gasteiger partial charge on any atom is 0.148 e. The summed E-state index contributed by atoms with van der Waals surface area (Å²) in [6, 6.07) is 2.60. The van der Waals surface area contributed by atoms with E-state index < -0.39 is 0 Å². The molecule has 1 aliphatic carbocycles. The number of thiophene rings is 1. The Morgan fingerprint density at radius 2 is 2.39 bits per heavy atom. The van der Waals surface area contributed by atoms with E-state index in [1.54, 1.807) is 0 Å². The Bertz CT molecular complexity index is 570. The van der Waals surface area contributed by atoms with Crippen molar-refractivity contribution >= 4 is 22.8 Å². The SMILES string of the molecule is Cc1nn(C)c(NC2CCCc3sccc32)c1N. The monoisotopic (exact) mass is 262 g/mol. The number of aryl methyl sites for hydroxylation is 3. The van der Waals surface area contributed by atoms with Crippen LogP contribution in [-0.2, 0) is 13.5 Å². The lowest BCUT2D eigenvalue weighted by Crippen LogP contribution is -2.18. The van der Waals surface area contributed by atoms with Crippen LogP contribution in [0.3, 0.4) is 0 Å². The van der Waals surface area contributed by atoms with Crippen LogP contribution in [0.15, 0.2) is 11.4 Å². The Hall–Kier alpha value is -1.49. The van der Waals surface area contributed by atoms with Crippen molar-refractivity contribution < 1.29 is 0 Å². The quantitative estimate of drug-likeness (QED) is 0.875. The number of anilines is 2. The Labute approximate surface area is 111 Å². The zero-order chi connectivity index (χ0) is 12.7. The molecule has 0 spiro atoms. The third-order valence-electron chi connectivity index (χ3n) is 3.63. The van der Waals surface area contributed by atoms with Crippen LogP contribution in [-0.4, -0.2) is 9.78 Å². The maximum atomic E-state index is 6.07. The molecule has 3 N–H and O–H groups in total. The zero-order valence-electron chi connectivity index (χ0n) is 10.7. The van der Waals surface area contributed by atoms with Gasteiger partial charge < -0.3 is 11.1 Å². The predicted octanol–water partition coefficient (Wildman–Crippen LogP) is 2.86. The average molecular weight is 262 g/mol. The minimum absolute atomic E-state index is 0.372. The van der Waals surface area contributed by atoms with E-state index in [-0.39, 0.29) is 0 Å². The van der Waals surface area contributed by atoms with Crippen molar-refractivity contribution in [2.45, 2.75) is 32.2 Å². The molecule has 0 saturated heterocycles. The Kier molecular flexibility index (Phi) is 2.78. The van der Waals surface area contributed by atoms with E-state index in [9.17, 15) is 0 Å². The molecule has 2 aromatic rings. The van der Waals surface area contributed by atoms with Crippen molar-refractivity contribution in [3.8, 4) is 0 Å². The fourth-order valence-electron chi connectivity index (χ4n) is 2.65. The fourth-order valence-corrected chi connectivity index (χ4v) is 3.63. The van der Waals surface area contributed by atoms with Gasteiger partial charge in [0.2, 0.25) is 0 Å². The molecule has 2 aromatic heterocycles. The lowest BCUT2D eigenvalue weighted by molar-refractivity contribution is 0.600. The summed E-state index contributed by atoms with van der Waals surface area (Å²) in [6.07, 6.45) is 3.61. The van der Waals surface area contributed by atoms with Crippen molar-refractivity contribution in [1.82, 2.24) is 9.78 Å². The van der Waals surface area contributed by atoms with E-state index in [0.29, 0.717) is 6.04 Å². The maximum absolute atomic E-state index is 6.07. The van der Waals surface area contributed by atoms with Crippen LogP contribution in [0.4, 0.5) is 11.5 Å². The number of rotatable bonds is 2. The smallest absolute Gasteiger partial charge is 0.148 e. The first-order chi connectivity index (χ1) is 8.66. The topological polar surface area (TPSA) is 55.9 Å². The number of hydrogen-bond acceptors (Lipinski definition) is 4.